The fourth-order valence-electron chi connectivity index (χ4n) is 2.80. The molecule has 0 saturated carbocycles. The third-order valence-electron chi connectivity index (χ3n) is 3.92. The second-order valence-corrected chi connectivity index (χ2v) is 5.17. The predicted octanol–water partition coefficient (Wildman–Crippen LogP) is 3.50. The third-order valence-corrected chi connectivity index (χ3v) is 3.92. The molecule has 92 valence electrons. The van der Waals surface area contributed by atoms with Crippen LogP contribution >= 0.6 is 0 Å². The van der Waals surface area contributed by atoms with Crippen molar-refractivity contribution in [3.63, 3.8) is 0 Å². The number of nitrogens with zero attached hydrogens (tertiary/aromatic N) is 1. The topological polar surface area (TPSA) is 20.3 Å². The molecule has 17 heavy (non-hydrogen) atoms. The van der Waals surface area contributed by atoms with Gasteiger partial charge in [0.1, 0.15) is 0 Å². The van der Waals surface area contributed by atoms with Crippen LogP contribution in [-0.4, -0.2) is 13.0 Å². The molecule has 0 fully saturated rings. The number of fused-ring (bicyclic) bond motifs is 1. The number of hydrogen-bond acceptors (Lipinski definition) is 1. The molecule has 0 N–H and O–H groups in total. The largest absolute Gasteiger partial charge is 0.314 e. The van der Waals surface area contributed by atoms with E-state index in [2.05, 4.69) is 19.9 Å². The number of carbonyl (C=O) groups is 1. The number of likely N-dealkylation sites (N-methyl/N-ethyl adjacent to an activating group) is 1. The standard InChI is InChI=1S/C15H21NO/c1-4-5-8-11-15(2)12-9-6-7-10-13(12)16(3)14(15)17/h6-7,9-10H,4-5,8,11H2,1-3H3. The fraction of sp³-hybridized carbons (Fsp3) is 0.533. The molecule has 1 aliphatic heterocycles. The number of benzene rings is 1. The van der Waals surface area contributed by atoms with Crippen LogP contribution in [0.3, 0.4) is 0 Å². The van der Waals surface area contributed by atoms with Crippen LogP contribution < -0.4 is 4.90 Å². The number of amides is 1. The first-order valence-electron chi connectivity index (χ1n) is 6.49. The maximum Gasteiger partial charge on any atom is 0.237 e. The van der Waals surface area contributed by atoms with E-state index in [9.17, 15) is 4.79 Å². The second-order valence-electron chi connectivity index (χ2n) is 5.17. The first-order valence-corrected chi connectivity index (χ1v) is 6.49. The smallest absolute Gasteiger partial charge is 0.237 e. The molecule has 0 aromatic heterocycles. The van der Waals surface area contributed by atoms with Gasteiger partial charge in [0.25, 0.3) is 0 Å². The van der Waals surface area contributed by atoms with Crippen LogP contribution in [0.25, 0.3) is 0 Å². The number of unbranched alkanes of at least 4 members (excludes halogenated alkanes) is 2. The van der Waals surface area contributed by atoms with E-state index in [1.807, 2.05) is 25.2 Å². The lowest BCUT2D eigenvalue weighted by Crippen LogP contribution is -2.36. The van der Waals surface area contributed by atoms with Gasteiger partial charge in [0.2, 0.25) is 5.91 Å². The summed E-state index contributed by atoms with van der Waals surface area (Å²) in [7, 11) is 1.88. The summed E-state index contributed by atoms with van der Waals surface area (Å²) < 4.78 is 0. The Hall–Kier alpha value is -1.31. The van der Waals surface area contributed by atoms with Crippen molar-refractivity contribution < 1.29 is 4.79 Å². The molecule has 0 bridgehead atoms. The van der Waals surface area contributed by atoms with Gasteiger partial charge < -0.3 is 4.90 Å². The van der Waals surface area contributed by atoms with Crippen LogP contribution in [-0.2, 0) is 10.2 Å². The molecule has 2 nitrogen and oxygen atoms in total. The molecular formula is C15H21NO. The third kappa shape index (κ3) is 1.86. The molecular weight excluding hydrogens is 210 g/mol. The summed E-state index contributed by atoms with van der Waals surface area (Å²) in [5.41, 5.74) is 1.97. The van der Waals surface area contributed by atoms with Crippen LogP contribution in [0.5, 0.6) is 0 Å². The van der Waals surface area contributed by atoms with Gasteiger partial charge in [-0.2, -0.15) is 0 Å². The molecule has 2 rings (SSSR count). The van der Waals surface area contributed by atoms with Gasteiger partial charge in [-0.1, -0.05) is 44.4 Å². The minimum Gasteiger partial charge on any atom is -0.314 e. The zero-order valence-corrected chi connectivity index (χ0v) is 11.0. The lowest BCUT2D eigenvalue weighted by molar-refractivity contribution is -0.122. The zero-order chi connectivity index (χ0) is 12.5. The number of rotatable bonds is 4. The molecule has 1 aliphatic rings. The quantitative estimate of drug-likeness (QED) is 0.726. The average molecular weight is 231 g/mol. The molecule has 1 amide bonds. The van der Waals surface area contributed by atoms with E-state index in [1.165, 1.54) is 18.4 Å². The molecule has 1 aromatic rings. The zero-order valence-electron chi connectivity index (χ0n) is 11.0. The molecule has 1 unspecified atom stereocenters. The van der Waals surface area contributed by atoms with Gasteiger partial charge in [-0.25, -0.2) is 0 Å². The van der Waals surface area contributed by atoms with Crippen LogP contribution in [0.2, 0.25) is 0 Å². The highest BCUT2D eigenvalue weighted by Gasteiger charge is 2.44. The summed E-state index contributed by atoms with van der Waals surface area (Å²) in [4.78, 5) is 14.2. The minimum absolute atomic E-state index is 0.245. The SMILES string of the molecule is CCCCCC1(C)C(=O)N(C)c2ccccc21. The molecule has 0 saturated heterocycles. The Morgan fingerprint density at radius 1 is 1.24 bits per heavy atom. The predicted molar refractivity (Wildman–Crippen MR) is 71.3 cm³/mol. The molecule has 0 radical (unpaired) electrons. The van der Waals surface area contributed by atoms with E-state index in [0.717, 1.165) is 18.5 Å². The first-order chi connectivity index (χ1) is 8.11. The normalized spacial score (nSPS) is 23.0. The summed E-state index contributed by atoms with van der Waals surface area (Å²) in [5, 5.41) is 0. The van der Waals surface area contributed by atoms with Crippen molar-refractivity contribution in [1.82, 2.24) is 0 Å². The lowest BCUT2D eigenvalue weighted by atomic mass is 9.79. The Morgan fingerprint density at radius 2 is 1.94 bits per heavy atom. The lowest BCUT2D eigenvalue weighted by Gasteiger charge is -2.23. The van der Waals surface area contributed by atoms with E-state index < -0.39 is 0 Å². The van der Waals surface area contributed by atoms with Crippen LogP contribution in [0.15, 0.2) is 24.3 Å². The maximum atomic E-state index is 12.4. The summed E-state index contributed by atoms with van der Waals surface area (Å²) in [5.74, 6) is 0.245. The average Bonchev–Trinajstić information content (AvgIpc) is 2.54. The molecule has 1 aromatic carbocycles. The fourth-order valence-corrected chi connectivity index (χ4v) is 2.80. The highest BCUT2D eigenvalue weighted by Crippen LogP contribution is 2.43. The molecule has 1 heterocycles. The van der Waals surface area contributed by atoms with Gasteiger partial charge in [0.05, 0.1) is 5.41 Å². The van der Waals surface area contributed by atoms with Gasteiger partial charge in [-0.05, 0) is 25.0 Å². The minimum atomic E-state index is -0.305. The van der Waals surface area contributed by atoms with Crippen LogP contribution in [0, 0.1) is 0 Å². The maximum absolute atomic E-state index is 12.4. The molecule has 2 heteroatoms. The second kappa shape index (κ2) is 4.52. The van der Waals surface area contributed by atoms with E-state index >= 15 is 0 Å². The first kappa shape index (κ1) is 12.2. The highest BCUT2D eigenvalue weighted by molar-refractivity contribution is 6.07. The molecule has 1 atom stereocenters. The van der Waals surface area contributed by atoms with Crippen molar-refractivity contribution in [1.29, 1.82) is 0 Å². The van der Waals surface area contributed by atoms with Gasteiger partial charge in [0, 0.05) is 12.7 Å². The van der Waals surface area contributed by atoms with Crippen molar-refractivity contribution in [2.24, 2.45) is 0 Å². The van der Waals surface area contributed by atoms with Gasteiger partial charge in [-0.15, -0.1) is 0 Å². The van der Waals surface area contributed by atoms with Gasteiger partial charge >= 0.3 is 0 Å². The Labute approximate surface area is 104 Å². The van der Waals surface area contributed by atoms with E-state index in [-0.39, 0.29) is 11.3 Å². The van der Waals surface area contributed by atoms with E-state index in [0.29, 0.717) is 0 Å². The van der Waals surface area contributed by atoms with Crippen LogP contribution in [0.4, 0.5) is 5.69 Å². The van der Waals surface area contributed by atoms with Crippen molar-refractivity contribution in [3.8, 4) is 0 Å². The van der Waals surface area contributed by atoms with Gasteiger partial charge in [-0.3, -0.25) is 4.79 Å². The Balaban J connectivity index is 2.31. The Bertz CT molecular complexity index is 427. The van der Waals surface area contributed by atoms with Crippen molar-refractivity contribution in [3.05, 3.63) is 29.8 Å². The monoisotopic (exact) mass is 231 g/mol. The number of anilines is 1. The van der Waals surface area contributed by atoms with E-state index in [4.69, 9.17) is 0 Å². The highest BCUT2D eigenvalue weighted by atomic mass is 16.2. The number of para-hydroxylation sites is 1. The van der Waals surface area contributed by atoms with Crippen molar-refractivity contribution in [2.75, 3.05) is 11.9 Å². The number of carbonyl (C=O) groups excluding carboxylic acids is 1. The Kier molecular flexibility index (Phi) is 3.23. The summed E-state index contributed by atoms with van der Waals surface area (Å²) in [6.07, 6.45) is 4.48. The summed E-state index contributed by atoms with van der Waals surface area (Å²) >= 11 is 0. The summed E-state index contributed by atoms with van der Waals surface area (Å²) in [6, 6.07) is 8.17. The summed E-state index contributed by atoms with van der Waals surface area (Å²) in [6.45, 7) is 4.28. The van der Waals surface area contributed by atoms with Crippen molar-refractivity contribution >= 4 is 11.6 Å². The molecule has 0 spiro atoms. The van der Waals surface area contributed by atoms with Crippen LogP contribution in [0.1, 0.15) is 45.1 Å². The van der Waals surface area contributed by atoms with Crippen molar-refractivity contribution in [2.45, 2.75) is 44.9 Å². The Morgan fingerprint density at radius 3 is 2.65 bits per heavy atom. The molecule has 0 aliphatic carbocycles. The van der Waals surface area contributed by atoms with Gasteiger partial charge in [0.15, 0.2) is 0 Å². The number of hydrogen-bond donors (Lipinski definition) is 0. The van der Waals surface area contributed by atoms with E-state index in [1.54, 1.807) is 4.90 Å².